The second-order valence-electron chi connectivity index (χ2n) is 10.5. The quantitative estimate of drug-likeness (QED) is 0.142. The molecule has 2 aliphatic heterocycles. The van der Waals surface area contributed by atoms with E-state index in [9.17, 15) is 35.1 Å². The zero-order valence-corrected chi connectivity index (χ0v) is 23.3. The number of carboxylic acids is 1. The van der Waals surface area contributed by atoms with Crippen molar-refractivity contribution in [2.24, 2.45) is 17.6 Å². The average molecular weight is 565 g/mol. The number of aliphatic hydroxyl groups is 4. The SMILES string of the molecule is CCCC(CC)CO[C@@H]1C(C(=O)O)O[C@@H](OC2C(NC(N)=O)[C@H]([C@@H](CC)CCC)OC(CO)[C@H]2O)C(O)C1O. The minimum atomic E-state index is -1.75. The van der Waals surface area contributed by atoms with Crippen LogP contribution < -0.4 is 11.1 Å². The number of nitrogens with one attached hydrogen (secondary N) is 1. The fourth-order valence-electron chi connectivity index (χ4n) is 5.55. The van der Waals surface area contributed by atoms with Crippen molar-refractivity contribution in [3.63, 3.8) is 0 Å². The van der Waals surface area contributed by atoms with Crippen molar-refractivity contribution < 1.29 is 54.1 Å². The Morgan fingerprint density at radius 2 is 1.62 bits per heavy atom. The minimum absolute atomic E-state index is 0.110. The molecule has 2 fully saturated rings. The van der Waals surface area contributed by atoms with E-state index in [1.807, 2.05) is 27.7 Å². The molecule has 8 N–H and O–H groups in total. The number of hydrogen-bond donors (Lipinski definition) is 7. The van der Waals surface area contributed by atoms with E-state index in [0.29, 0.717) is 12.8 Å². The van der Waals surface area contributed by atoms with Crippen molar-refractivity contribution in [1.82, 2.24) is 5.32 Å². The molecule has 2 rings (SSSR count). The van der Waals surface area contributed by atoms with Gasteiger partial charge in [0.25, 0.3) is 0 Å². The Kier molecular flexibility index (Phi) is 13.8. The molecular formula is C26H48N2O11. The van der Waals surface area contributed by atoms with Crippen LogP contribution in [0.5, 0.6) is 0 Å². The van der Waals surface area contributed by atoms with Gasteiger partial charge in [-0.15, -0.1) is 0 Å². The second-order valence-corrected chi connectivity index (χ2v) is 10.5. The lowest BCUT2D eigenvalue weighted by molar-refractivity contribution is -0.332. The van der Waals surface area contributed by atoms with Gasteiger partial charge in [0.1, 0.15) is 36.6 Å². The van der Waals surface area contributed by atoms with E-state index in [1.165, 1.54) is 0 Å². The molecule has 2 heterocycles. The molecule has 0 aromatic carbocycles. The van der Waals surface area contributed by atoms with Crippen LogP contribution in [0.4, 0.5) is 4.79 Å². The third kappa shape index (κ3) is 8.46. The van der Waals surface area contributed by atoms with E-state index in [4.69, 9.17) is 24.7 Å². The normalized spacial score (nSPS) is 36.7. The van der Waals surface area contributed by atoms with Crippen LogP contribution in [0.2, 0.25) is 0 Å². The summed E-state index contributed by atoms with van der Waals surface area (Å²) in [6, 6.07) is -1.94. The summed E-state index contributed by atoms with van der Waals surface area (Å²) in [5.74, 6) is -1.40. The molecule has 0 saturated carbocycles. The van der Waals surface area contributed by atoms with Gasteiger partial charge in [-0.1, -0.05) is 53.4 Å². The topological polar surface area (TPSA) is 210 Å². The maximum atomic E-state index is 12.1. The van der Waals surface area contributed by atoms with Crippen molar-refractivity contribution in [2.45, 2.75) is 127 Å². The first-order chi connectivity index (χ1) is 18.5. The molecule has 2 saturated heterocycles. The third-order valence-electron chi connectivity index (χ3n) is 7.77. The molecule has 0 aliphatic carbocycles. The molecular weight excluding hydrogens is 516 g/mol. The van der Waals surface area contributed by atoms with Crippen molar-refractivity contribution in [1.29, 1.82) is 0 Å². The highest BCUT2D eigenvalue weighted by atomic mass is 16.7. The minimum Gasteiger partial charge on any atom is -0.479 e. The zero-order valence-electron chi connectivity index (χ0n) is 23.3. The molecule has 12 atom stereocenters. The lowest BCUT2D eigenvalue weighted by atomic mass is 9.82. The number of carboxylic acid groups (broad SMARTS) is 1. The Balaban J connectivity index is 2.33. The number of rotatable bonds is 15. The first-order valence-electron chi connectivity index (χ1n) is 14.1. The molecule has 0 spiro atoms. The van der Waals surface area contributed by atoms with Gasteiger partial charge in [0.15, 0.2) is 12.4 Å². The van der Waals surface area contributed by atoms with Gasteiger partial charge < -0.3 is 55.5 Å². The van der Waals surface area contributed by atoms with E-state index >= 15 is 0 Å². The Hall–Kier alpha value is -1.58. The van der Waals surface area contributed by atoms with Gasteiger partial charge in [-0.3, -0.25) is 0 Å². The summed E-state index contributed by atoms with van der Waals surface area (Å²) in [7, 11) is 0. The van der Waals surface area contributed by atoms with Gasteiger partial charge in [-0.25, -0.2) is 9.59 Å². The van der Waals surface area contributed by atoms with Gasteiger partial charge >= 0.3 is 12.0 Å². The highest BCUT2D eigenvalue weighted by Gasteiger charge is 2.54. The van der Waals surface area contributed by atoms with Crippen LogP contribution >= 0.6 is 0 Å². The van der Waals surface area contributed by atoms with Crippen LogP contribution in [0.3, 0.4) is 0 Å². The Bertz CT molecular complexity index is 759. The number of aliphatic hydroxyl groups excluding tert-OH is 4. The van der Waals surface area contributed by atoms with Crippen LogP contribution in [0.25, 0.3) is 0 Å². The van der Waals surface area contributed by atoms with Gasteiger partial charge in [0.2, 0.25) is 0 Å². The molecule has 0 radical (unpaired) electrons. The predicted molar refractivity (Wildman–Crippen MR) is 139 cm³/mol. The highest BCUT2D eigenvalue weighted by Crippen LogP contribution is 2.34. The summed E-state index contributed by atoms with van der Waals surface area (Å²) in [6.07, 6.45) is -8.13. The van der Waals surface area contributed by atoms with E-state index in [-0.39, 0.29) is 18.4 Å². The molecule has 0 aromatic heterocycles. The van der Waals surface area contributed by atoms with E-state index in [1.54, 1.807) is 0 Å². The van der Waals surface area contributed by atoms with Crippen LogP contribution in [0, 0.1) is 11.8 Å². The number of ether oxygens (including phenoxy) is 4. The molecule has 2 aliphatic rings. The molecule has 2 amide bonds. The number of nitrogens with two attached hydrogens (primary N) is 1. The summed E-state index contributed by atoms with van der Waals surface area (Å²) < 4.78 is 23.3. The summed E-state index contributed by atoms with van der Waals surface area (Å²) in [5.41, 5.74) is 5.42. The molecule has 0 aromatic rings. The number of amides is 2. The summed E-state index contributed by atoms with van der Waals surface area (Å²) in [5, 5.41) is 55.1. The average Bonchev–Trinajstić information content (AvgIpc) is 2.90. The lowest BCUT2D eigenvalue weighted by Gasteiger charge is -2.49. The number of hydrogen-bond acceptors (Lipinski definition) is 10. The summed E-state index contributed by atoms with van der Waals surface area (Å²) >= 11 is 0. The summed E-state index contributed by atoms with van der Waals surface area (Å²) in [4.78, 5) is 24.0. The van der Waals surface area contributed by atoms with Crippen molar-refractivity contribution in [3.8, 4) is 0 Å². The van der Waals surface area contributed by atoms with Crippen LogP contribution in [-0.4, -0.2) is 112 Å². The Morgan fingerprint density at radius 3 is 2.13 bits per heavy atom. The first-order valence-corrected chi connectivity index (χ1v) is 14.1. The van der Waals surface area contributed by atoms with Crippen LogP contribution in [-0.2, 0) is 23.7 Å². The predicted octanol–water partition coefficient (Wildman–Crippen LogP) is 0.0982. The zero-order chi connectivity index (χ0) is 29.3. The van der Waals surface area contributed by atoms with E-state index < -0.39 is 79.8 Å². The van der Waals surface area contributed by atoms with Crippen molar-refractivity contribution in [2.75, 3.05) is 13.2 Å². The molecule has 39 heavy (non-hydrogen) atoms. The number of urea groups is 1. The van der Waals surface area contributed by atoms with E-state index in [0.717, 1.165) is 25.7 Å². The lowest BCUT2D eigenvalue weighted by Crippen LogP contribution is -2.69. The van der Waals surface area contributed by atoms with Gasteiger partial charge in [0, 0.05) is 0 Å². The number of primary amides is 1. The fraction of sp³-hybridized carbons (Fsp3) is 0.923. The van der Waals surface area contributed by atoms with Gasteiger partial charge in [-0.05, 0) is 24.7 Å². The number of aliphatic carboxylic acids is 1. The Labute approximate surface area is 229 Å². The smallest absolute Gasteiger partial charge is 0.335 e. The maximum absolute atomic E-state index is 12.1. The molecule has 7 unspecified atom stereocenters. The number of carbonyl (C=O) groups is 2. The Morgan fingerprint density at radius 1 is 0.949 bits per heavy atom. The van der Waals surface area contributed by atoms with Crippen LogP contribution in [0.15, 0.2) is 0 Å². The van der Waals surface area contributed by atoms with Crippen molar-refractivity contribution >= 4 is 12.0 Å². The van der Waals surface area contributed by atoms with Gasteiger partial charge in [0.05, 0.1) is 25.4 Å². The summed E-state index contributed by atoms with van der Waals surface area (Å²) in [6.45, 7) is 7.54. The first kappa shape index (κ1) is 33.6. The maximum Gasteiger partial charge on any atom is 0.335 e. The molecule has 228 valence electrons. The largest absolute Gasteiger partial charge is 0.479 e. The highest BCUT2D eigenvalue weighted by molar-refractivity contribution is 5.73. The molecule has 13 nitrogen and oxygen atoms in total. The number of carbonyl (C=O) groups excluding carboxylic acids is 1. The van der Waals surface area contributed by atoms with Crippen LogP contribution in [0.1, 0.15) is 66.2 Å². The fourth-order valence-corrected chi connectivity index (χ4v) is 5.55. The van der Waals surface area contributed by atoms with Gasteiger partial charge in [-0.2, -0.15) is 0 Å². The monoisotopic (exact) mass is 564 g/mol. The second kappa shape index (κ2) is 16.0. The standard InChI is InChI=1S/C26H48N2O11/c1-5-9-13(7-3)12-36-22-18(31)19(32)25(39-23(22)24(33)34)38-21-16(28-26(27)35)20(14(8-4)10-6-2)37-15(11-29)17(21)30/h13-23,25,29-32H,5-12H2,1-4H3,(H,33,34)(H3,27,28,35)/t13?,14-,15?,16?,17+,18?,19?,20-,21?,22-,23?,25+/m0/s1. The van der Waals surface area contributed by atoms with Crippen molar-refractivity contribution in [3.05, 3.63) is 0 Å². The third-order valence-corrected chi connectivity index (χ3v) is 7.77. The van der Waals surface area contributed by atoms with E-state index in [2.05, 4.69) is 5.32 Å². The molecule has 0 bridgehead atoms. The molecule has 13 heteroatoms.